The van der Waals surface area contributed by atoms with Crippen molar-refractivity contribution in [3.63, 3.8) is 0 Å². The van der Waals surface area contributed by atoms with Crippen LogP contribution in [0.3, 0.4) is 0 Å². The molecule has 0 unspecified atom stereocenters. The molecule has 8 heteroatoms. The number of nitrogens with two attached hydrogens (primary N) is 1. The summed E-state index contributed by atoms with van der Waals surface area (Å²) in [4.78, 5) is 4.30. The van der Waals surface area contributed by atoms with Crippen LogP contribution in [0.15, 0.2) is 24.5 Å². The van der Waals surface area contributed by atoms with E-state index in [0.717, 1.165) is 26.8 Å². The zero-order valence-electron chi connectivity index (χ0n) is 10.3. The minimum absolute atomic E-state index is 0.359. The van der Waals surface area contributed by atoms with Gasteiger partial charge in [0, 0.05) is 6.20 Å². The molecular weight excluding hydrogens is 289 g/mol. The Labute approximate surface area is 115 Å². The Morgan fingerprint density at radius 2 is 2.05 bits per heavy atom. The van der Waals surface area contributed by atoms with Gasteiger partial charge in [-0.3, -0.25) is 0 Å². The molecule has 0 saturated heterocycles. The molecule has 104 valence electrons. The van der Waals surface area contributed by atoms with Crippen molar-refractivity contribution in [1.29, 1.82) is 0 Å². The van der Waals surface area contributed by atoms with Crippen LogP contribution in [0, 0.1) is 6.92 Å². The first-order valence-corrected chi connectivity index (χ1v) is 6.45. The van der Waals surface area contributed by atoms with Crippen molar-refractivity contribution < 1.29 is 13.2 Å². The van der Waals surface area contributed by atoms with Gasteiger partial charge in [-0.1, -0.05) is 0 Å². The summed E-state index contributed by atoms with van der Waals surface area (Å²) in [6.07, 6.45) is -2.74. The van der Waals surface area contributed by atoms with Gasteiger partial charge < -0.3 is 5.73 Å². The van der Waals surface area contributed by atoms with E-state index in [0.29, 0.717) is 16.9 Å². The van der Waals surface area contributed by atoms with Gasteiger partial charge in [-0.05, 0) is 19.1 Å². The Morgan fingerprint density at radius 1 is 1.30 bits per heavy atom. The van der Waals surface area contributed by atoms with Crippen LogP contribution in [0.1, 0.15) is 10.6 Å². The van der Waals surface area contributed by atoms with Crippen molar-refractivity contribution in [3.8, 4) is 5.69 Å². The highest BCUT2D eigenvalue weighted by atomic mass is 32.1. The van der Waals surface area contributed by atoms with Crippen molar-refractivity contribution >= 4 is 27.2 Å². The molecular formula is C12H9F3N4S. The maximum absolute atomic E-state index is 12.6. The van der Waals surface area contributed by atoms with E-state index >= 15 is 0 Å². The second-order valence-electron chi connectivity index (χ2n) is 4.28. The molecule has 0 saturated carbocycles. The van der Waals surface area contributed by atoms with E-state index in [-0.39, 0.29) is 0 Å². The molecule has 20 heavy (non-hydrogen) atoms. The van der Waals surface area contributed by atoms with Gasteiger partial charge in [0.25, 0.3) is 0 Å². The van der Waals surface area contributed by atoms with Crippen LogP contribution in [0.25, 0.3) is 15.9 Å². The second kappa shape index (κ2) is 4.20. The highest BCUT2D eigenvalue weighted by Crippen LogP contribution is 2.32. The molecule has 0 aliphatic carbocycles. The number of hydrogen-bond donors (Lipinski definition) is 1. The van der Waals surface area contributed by atoms with Crippen LogP contribution >= 0.6 is 11.3 Å². The highest BCUT2D eigenvalue weighted by Gasteiger charge is 2.32. The highest BCUT2D eigenvalue weighted by molar-refractivity contribution is 7.18. The molecule has 0 radical (unpaired) electrons. The summed E-state index contributed by atoms with van der Waals surface area (Å²) in [5.41, 5.74) is 6.51. The fourth-order valence-corrected chi connectivity index (χ4v) is 2.75. The number of aryl methyl sites for hydroxylation is 1. The van der Waals surface area contributed by atoms with E-state index < -0.39 is 11.7 Å². The molecule has 2 heterocycles. The van der Waals surface area contributed by atoms with Crippen molar-refractivity contribution in [3.05, 3.63) is 35.1 Å². The monoisotopic (exact) mass is 298 g/mol. The molecule has 1 aromatic carbocycles. The summed E-state index contributed by atoms with van der Waals surface area (Å²) < 4.78 is 39.7. The third-order valence-electron chi connectivity index (χ3n) is 2.80. The number of anilines is 1. The predicted octanol–water partition coefficient (Wildman–Crippen LogP) is 3.39. The van der Waals surface area contributed by atoms with Crippen molar-refractivity contribution in [2.75, 3.05) is 5.73 Å². The van der Waals surface area contributed by atoms with E-state index in [9.17, 15) is 13.2 Å². The Hall–Kier alpha value is -2.09. The van der Waals surface area contributed by atoms with Gasteiger partial charge in [-0.2, -0.15) is 18.3 Å². The van der Waals surface area contributed by atoms with E-state index in [4.69, 9.17) is 5.73 Å². The summed E-state index contributed by atoms with van der Waals surface area (Å²) in [5.74, 6) is 0. The standard InChI is InChI=1S/C12H9F3N4S/c1-6-18-9-3-10(8(16)2-11(9)20-6)19-5-7(4-17-19)12(13,14)15/h2-5H,16H2,1H3. The Balaban J connectivity index is 2.13. The lowest BCUT2D eigenvalue weighted by Gasteiger charge is -2.05. The molecule has 0 aliphatic rings. The number of alkyl halides is 3. The molecule has 0 atom stereocenters. The fraction of sp³-hybridized carbons (Fsp3) is 0.167. The number of thiazole rings is 1. The number of rotatable bonds is 1. The second-order valence-corrected chi connectivity index (χ2v) is 5.52. The maximum Gasteiger partial charge on any atom is 0.419 e. The quantitative estimate of drug-likeness (QED) is 0.701. The van der Waals surface area contributed by atoms with E-state index in [1.807, 2.05) is 6.92 Å². The molecule has 0 spiro atoms. The van der Waals surface area contributed by atoms with Crippen LogP contribution < -0.4 is 5.73 Å². The average Bonchev–Trinajstić information content (AvgIpc) is 2.92. The molecule has 0 fully saturated rings. The largest absolute Gasteiger partial charge is 0.419 e. The number of aromatic nitrogens is 3. The minimum Gasteiger partial charge on any atom is -0.397 e. The van der Waals surface area contributed by atoms with Crippen molar-refractivity contribution in [2.45, 2.75) is 13.1 Å². The summed E-state index contributed by atoms with van der Waals surface area (Å²) in [6.45, 7) is 1.86. The minimum atomic E-state index is -4.42. The number of fused-ring (bicyclic) bond motifs is 1. The number of hydrogen-bond acceptors (Lipinski definition) is 4. The predicted molar refractivity (Wildman–Crippen MR) is 70.9 cm³/mol. The Kier molecular flexibility index (Phi) is 2.72. The van der Waals surface area contributed by atoms with E-state index in [2.05, 4.69) is 10.1 Å². The SMILES string of the molecule is Cc1nc2cc(-n3cc(C(F)(F)F)cn3)c(N)cc2s1. The lowest BCUT2D eigenvalue weighted by atomic mass is 10.2. The van der Waals surface area contributed by atoms with E-state index in [1.54, 1.807) is 12.1 Å². The zero-order chi connectivity index (χ0) is 14.5. The van der Waals surface area contributed by atoms with Crippen molar-refractivity contribution in [1.82, 2.24) is 14.8 Å². The maximum atomic E-state index is 12.6. The normalized spacial score (nSPS) is 12.2. The first-order chi connectivity index (χ1) is 9.34. The van der Waals surface area contributed by atoms with Gasteiger partial charge in [0.15, 0.2) is 0 Å². The number of nitrogen functional groups attached to an aromatic ring is 1. The zero-order valence-corrected chi connectivity index (χ0v) is 11.1. The smallest absolute Gasteiger partial charge is 0.397 e. The molecule has 3 aromatic rings. The lowest BCUT2D eigenvalue weighted by Crippen LogP contribution is -2.03. The van der Waals surface area contributed by atoms with Crippen molar-refractivity contribution in [2.24, 2.45) is 0 Å². The molecule has 2 N–H and O–H groups in total. The molecule has 4 nitrogen and oxygen atoms in total. The molecule has 0 amide bonds. The average molecular weight is 298 g/mol. The van der Waals surface area contributed by atoms with Gasteiger partial charge in [0.05, 0.1) is 38.4 Å². The number of nitrogens with zero attached hydrogens (tertiary/aromatic N) is 3. The Bertz CT molecular complexity index is 788. The summed E-state index contributed by atoms with van der Waals surface area (Å²) in [6, 6.07) is 3.34. The third-order valence-corrected chi connectivity index (χ3v) is 3.73. The fourth-order valence-electron chi connectivity index (χ4n) is 1.89. The van der Waals surface area contributed by atoms with Crippen LogP contribution in [-0.4, -0.2) is 14.8 Å². The lowest BCUT2D eigenvalue weighted by molar-refractivity contribution is -0.137. The number of halogens is 3. The van der Waals surface area contributed by atoms with Gasteiger partial charge in [0.1, 0.15) is 0 Å². The van der Waals surface area contributed by atoms with Crippen LogP contribution in [0.2, 0.25) is 0 Å². The molecule has 0 aliphatic heterocycles. The Morgan fingerprint density at radius 3 is 2.70 bits per heavy atom. The summed E-state index contributed by atoms with van der Waals surface area (Å²) in [5, 5.41) is 4.59. The van der Waals surface area contributed by atoms with Crippen LogP contribution in [0.5, 0.6) is 0 Å². The topological polar surface area (TPSA) is 56.7 Å². The first kappa shape index (κ1) is 12.9. The molecule has 0 bridgehead atoms. The van der Waals surface area contributed by atoms with Gasteiger partial charge >= 0.3 is 6.18 Å². The van der Waals surface area contributed by atoms with Gasteiger partial charge in [-0.15, -0.1) is 11.3 Å². The third kappa shape index (κ3) is 2.11. The molecule has 2 aromatic heterocycles. The van der Waals surface area contributed by atoms with E-state index in [1.165, 1.54) is 11.3 Å². The van der Waals surface area contributed by atoms with Gasteiger partial charge in [0.2, 0.25) is 0 Å². The number of benzene rings is 1. The summed E-state index contributed by atoms with van der Waals surface area (Å²) >= 11 is 1.48. The van der Waals surface area contributed by atoms with Crippen LogP contribution in [0.4, 0.5) is 18.9 Å². The first-order valence-electron chi connectivity index (χ1n) is 5.63. The molecule has 3 rings (SSSR count). The van der Waals surface area contributed by atoms with Gasteiger partial charge in [-0.25, -0.2) is 9.67 Å². The summed E-state index contributed by atoms with van der Waals surface area (Å²) in [7, 11) is 0. The van der Waals surface area contributed by atoms with Crippen LogP contribution in [-0.2, 0) is 6.18 Å².